The first-order chi connectivity index (χ1) is 12.1. The quantitative estimate of drug-likeness (QED) is 0.277. The molecule has 2 amide bonds. The average Bonchev–Trinajstić information content (AvgIpc) is 3.39. The van der Waals surface area contributed by atoms with Gasteiger partial charge in [0.05, 0.1) is 23.0 Å². The summed E-state index contributed by atoms with van der Waals surface area (Å²) in [5.41, 5.74) is 0.586. The monoisotopic (exact) mass is 337 g/mol. The van der Waals surface area contributed by atoms with E-state index in [1.807, 2.05) is 0 Å². The second-order valence-electron chi connectivity index (χ2n) is 7.24. The number of hydrogen-bond donors (Lipinski definition) is 0. The Bertz CT molecular complexity index is 824. The molecule has 6 rings (SSSR count). The summed E-state index contributed by atoms with van der Waals surface area (Å²) in [6.07, 6.45) is 6.78. The van der Waals surface area contributed by atoms with Gasteiger partial charge in [0.2, 0.25) is 0 Å². The Morgan fingerprint density at radius 3 is 2.12 bits per heavy atom. The summed E-state index contributed by atoms with van der Waals surface area (Å²) in [6, 6.07) is 5.82. The van der Waals surface area contributed by atoms with Crippen LogP contribution in [0.4, 0.5) is 5.69 Å². The maximum absolute atomic E-state index is 12.7. The minimum absolute atomic E-state index is 0.0154. The van der Waals surface area contributed by atoms with Gasteiger partial charge in [-0.1, -0.05) is 12.2 Å². The van der Waals surface area contributed by atoms with Gasteiger partial charge in [-0.15, -0.1) is 0 Å². The number of nitrogens with zero attached hydrogens (tertiary/aromatic N) is 3. The molecule has 0 aromatic heterocycles. The number of imide groups is 1. The van der Waals surface area contributed by atoms with E-state index in [1.165, 1.54) is 18.3 Å². The third kappa shape index (κ3) is 1.95. The number of nitro benzene ring substituents is 1. The molecule has 1 saturated heterocycles. The summed E-state index contributed by atoms with van der Waals surface area (Å²) in [4.78, 5) is 35.7. The van der Waals surface area contributed by atoms with Gasteiger partial charge in [-0.2, -0.15) is 10.1 Å². The minimum atomic E-state index is -0.479. The van der Waals surface area contributed by atoms with Crippen LogP contribution in [0, 0.1) is 45.6 Å². The zero-order valence-corrected chi connectivity index (χ0v) is 13.2. The van der Waals surface area contributed by atoms with Crippen LogP contribution >= 0.6 is 0 Å². The molecule has 6 atom stereocenters. The van der Waals surface area contributed by atoms with E-state index < -0.39 is 4.92 Å². The van der Waals surface area contributed by atoms with Crippen molar-refractivity contribution in [3.63, 3.8) is 0 Å². The lowest BCUT2D eigenvalue weighted by atomic mass is 9.63. The highest BCUT2D eigenvalue weighted by molar-refractivity contribution is 6.06. The van der Waals surface area contributed by atoms with Crippen LogP contribution in [0.3, 0.4) is 0 Å². The third-order valence-corrected chi connectivity index (χ3v) is 6.07. The second kappa shape index (κ2) is 4.84. The Labute approximate surface area is 143 Å². The Morgan fingerprint density at radius 2 is 1.60 bits per heavy atom. The summed E-state index contributed by atoms with van der Waals surface area (Å²) in [7, 11) is 0. The standard InChI is InChI=1S/C18H15N3O4/c22-17-15-11-5-6-12(14-7-13(11)14)16(15)18(23)20(17)19-8-9-1-3-10(4-2-9)21(24)25/h1-6,8,11-16H,7H2/t11-,12-,13-,14+,15+,16+/m0/s1. The van der Waals surface area contributed by atoms with Gasteiger partial charge in [0.15, 0.2) is 0 Å². The molecule has 7 nitrogen and oxygen atoms in total. The first-order valence-electron chi connectivity index (χ1n) is 8.41. The smallest absolute Gasteiger partial charge is 0.269 e. The molecule has 2 saturated carbocycles. The molecule has 3 fully saturated rings. The number of rotatable bonds is 3. The SMILES string of the molecule is O=C1[C@@H]2[C@H]3C=C[C@@H]([C@@H]4C[C@H]34)[C@H]2C(=O)N1N=Cc1ccc([N+](=O)[O-])cc1. The van der Waals surface area contributed by atoms with Gasteiger partial charge in [0.25, 0.3) is 17.5 Å². The van der Waals surface area contributed by atoms with Crippen LogP contribution in [0.2, 0.25) is 0 Å². The number of benzene rings is 1. The number of amides is 2. The van der Waals surface area contributed by atoms with Crippen LogP contribution in [0.25, 0.3) is 0 Å². The summed E-state index contributed by atoms with van der Waals surface area (Å²) in [5, 5.41) is 15.8. The molecular formula is C18H15N3O4. The van der Waals surface area contributed by atoms with Crippen molar-refractivity contribution in [3.8, 4) is 0 Å². The van der Waals surface area contributed by atoms with Crippen molar-refractivity contribution in [1.82, 2.24) is 5.01 Å². The summed E-state index contributed by atoms with van der Waals surface area (Å²) in [5.74, 6) is 0.529. The number of hydrazone groups is 1. The lowest BCUT2D eigenvalue weighted by Crippen LogP contribution is -2.40. The molecule has 1 heterocycles. The average molecular weight is 337 g/mol. The molecule has 1 aliphatic heterocycles. The van der Waals surface area contributed by atoms with Gasteiger partial charge >= 0.3 is 0 Å². The van der Waals surface area contributed by atoms with E-state index in [1.54, 1.807) is 12.1 Å². The lowest BCUT2D eigenvalue weighted by Gasteiger charge is -2.37. The van der Waals surface area contributed by atoms with Crippen molar-refractivity contribution < 1.29 is 14.5 Å². The maximum atomic E-state index is 12.7. The predicted octanol–water partition coefficient (Wildman–Crippen LogP) is 1.98. The third-order valence-electron chi connectivity index (χ3n) is 6.07. The van der Waals surface area contributed by atoms with Crippen molar-refractivity contribution in [2.75, 3.05) is 0 Å². The molecule has 7 heteroatoms. The van der Waals surface area contributed by atoms with E-state index in [0.29, 0.717) is 17.4 Å². The van der Waals surface area contributed by atoms with E-state index in [2.05, 4.69) is 17.3 Å². The van der Waals surface area contributed by atoms with Gasteiger partial charge in [-0.25, -0.2) is 0 Å². The van der Waals surface area contributed by atoms with Crippen molar-refractivity contribution in [2.45, 2.75) is 6.42 Å². The van der Waals surface area contributed by atoms with Crippen molar-refractivity contribution in [3.05, 3.63) is 52.1 Å². The fourth-order valence-corrected chi connectivity index (χ4v) is 4.86. The van der Waals surface area contributed by atoms with Crippen molar-refractivity contribution >= 4 is 23.7 Å². The summed E-state index contributed by atoms with van der Waals surface area (Å²) in [6.45, 7) is 0. The number of non-ortho nitro benzene ring substituents is 1. The molecule has 2 bridgehead atoms. The molecule has 0 spiro atoms. The summed E-state index contributed by atoms with van der Waals surface area (Å²) < 4.78 is 0. The van der Waals surface area contributed by atoms with Gasteiger partial charge < -0.3 is 0 Å². The largest absolute Gasteiger partial charge is 0.272 e. The highest BCUT2D eigenvalue weighted by Gasteiger charge is 2.67. The molecule has 5 aliphatic rings. The van der Waals surface area contributed by atoms with Crippen LogP contribution < -0.4 is 0 Å². The van der Waals surface area contributed by atoms with Crippen LogP contribution in [-0.4, -0.2) is 28.0 Å². The van der Waals surface area contributed by atoms with E-state index in [9.17, 15) is 19.7 Å². The number of carbonyl (C=O) groups excluding carboxylic acids is 2. The number of allylic oxidation sites excluding steroid dienone is 2. The predicted molar refractivity (Wildman–Crippen MR) is 87.2 cm³/mol. The summed E-state index contributed by atoms with van der Waals surface area (Å²) >= 11 is 0. The lowest BCUT2D eigenvalue weighted by molar-refractivity contribution is -0.384. The first kappa shape index (κ1) is 14.5. The fourth-order valence-electron chi connectivity index (χ4n) is 4.86. The van der Waals surface area contributed by atoms with Gasteiger partial charge in [0.1, 0.15) is 0 Å². The maximum Gasteiger partial charge on any atom is 0.269 e. The molecular weight excluding hydrogens is 322 g/mol. The van der Waals surface area contributed by atoms with E-state index >= 15 is 0 Å². The Balaban J connectivity index is 1.39. The normalized spacial score (nSPS) is 37.5. The molecule has 1 aromatic carbocycles. The molecule has 1 aromatic rings. The second-order valence-corrected chi connectivity index (χ2v) is 7.24. The highest BCUT2D eigenvalue weighted by Crippen LogP contribution is 2.65. The Kier molecular flexibility index (Phi) is 2.81. The van der Waals surface area contributed by atoms with E-state index in [0.717, 1.165) is 11.4 Å². The highest BCUT2D eigenvalue weighted by atomic mass is 16.6. The first-order valence-corrected chi connectivity index (χ1v) is 8.41. The molecule has 0 N–H and O–H groups in total. The van der Waals surface area contributed by atoms with Gasteiger partial charge in [0, 0.05) is 12.1 Å². The Morgan fingerprint density at radius 1 is 1.04 bits per heavy atom. The van der Waals surface area contributed by atoms with Crippen LogP contribution in [0.1, 0.15) is 12.0 Å². The van der Waals surface area contributed by atoms with Crippen molar-refractivity contribution in [2.24, 2.45) is 40.6 Å². The molecule has 0 unspecified atom stereocenters. The number of hydrogen-bond acceptors (Lipinski definition) is 5. The fraction of sp³-hybridized carbons (Fsp3) is 0.389. The minimum Gasteiger partial charge on any atom is -0.272 e. The van der Waals surface area contributed by atoms with Crippen molar-refractivity contribution in [1.29, 1.82) is 0 Å². The number of nitro groups is 1. The van der Waals surface area contributed by atoms with Crippen LogP contribution in [0.5, 0.6) is 0 Å². The Hall–Kier alpha value is -2.83. The zero-order chi connectivity index (χ0) is 17.3. The molecule has 0 radical (unpaired) electrons. The van der Waals surface area contributed by atoms with Crippen LogP contribution in [-0.2, 0) is 9.59 Å². The topological polar surface area (TPSA) is 92.9 Å². The van der Waals surface area contributed by atoms with Gasteiger partial charge in [-0.05, 0) is 47.8 Å². The van der Waals surface area contributed by atoms with E-state index in [4.69, 9.17) is 0 Å². The molecule has 4 aliphatic carbocycles. The number of carbonyl (C=O) groups is 2. The molecule has 126 valence electrons. The van der Waals surface area contributed by atoms with Gasteiger partial charge in [-0.3, -0.25) is 19.7 Å². The zero-order valence-electron chi connectivity index (χ0n) is 13.2. The molecule has 25 heavy (non-hydrogen) atoms. The van der Waals surface area contributed by atoms with Crippen LogP contribution in [0.15, 0.2) is 41.5 Å². The van der Waals surface area contributed by atoms with E-state index in [-0.39, 0.29) is 41.2 Å².